The first-order valence-electron chi connectivity index (χ1n) is 10.5. The molecule has 8 nitrogen and oxygen atoms in total. The molecule has 2 heterocycles. The number of rotatable bonds is 8. The SMILES string of the molecule is C=C(CCc1cnc(O[C@H]2C[C@@H](OC(F)(F)F)C2)o1)NC(=O)[C@H]1C[C@@H](O)c2cc(Cl)ccc2O1. The van der Waals surface area contributed by atoms with Gasteiger partial charge < -0.3 is 24.3 Å². The number of alkyl halides is 3. The molecule has 1 fully saturated rings. The molecule has 0 spiro atoms. The molecule has 2 aliphatic rings. The third-order valence-corrected chi connectivity index (χ3v) is 5.69. The number of halogens is 4. The Balaban J connectivity index is 1.19. The van der Waals surface area contributed by atoms with E-state index in [9.17, 15) is 23.1 Å². The van der Waals surface area contributed by atoms with E-state index in [0.717, 1.165) is 0 Å². The highest BCUT2D eigenvalue weighted by Crippen LogP contribution is 2.36. The molecule has 1 aliphatic carbocycles. The molecule has 1 amide bonds. The Kier molecular flexibility index (Phi) is 7.06. The van der Waals surface area contributed by atoms with Crippen LogP contribution in [0.1, 0.15) is 43.1 Å². The number of aromatic nitrogens is 1. The molecule has 1 aromatic carbocycles. The minimum absolute atomic E-state index is 0.0385. The number of aryl methyl sites for hydroxylation is 1. The van der Waals surface area contributed by atoms with Crippen LogP contribution in [0.2, 0.25) is 5.02 Å². The number of fused-ring (bicyclic) bond motifs is 1. The molecule has 0 radical (unpaired) electrons. The lowest BCUT2D eigenvalue weighted by atomic mass is 9.92. The van der Waals surface area contributed by atoms with E-state index in [1.54, 1.807) is 18.2 Å². The van der Waals surface area contributed by atoms with Crippen LogP contribution in [0.3, 0.4) is 0 Å². The number of carbonyl (C=O) groups excluding carboxylic acids is 1. The fourth-order valence-electron chi connectivity index (χ4n) is 3.67. The summed E-state index contributed by atoms with van der Waals surface area (Å²) in [5.74, 6) is 0.417. The molecule has 2 aromatic rings. The molecule has 0 unspecified atom stereocenters. The van der Waals surface area contributed by atoms with E-state index in [2.05, 4.69) is 21.6 Å². The van der Waals surface area contributed by atoms with Gasteiger partial charge in [0.1, 0.15) is 17.6 Å². The van der Waals surface area contributed by atoms with E-state index in [1.165, 1.54) is 6.20 Å². The topological polar surface area (TPSA) is 103 Å². The summed E-state index contributed by atoms with van der Waals surface area (Å²) >= 11 is 5.94. The number of aliphatic hydroxyl groups is 1. The van der Waals surface area contributed by atoms with Crippen molar-refractivity contribution in [1.82, 2.24) is 10.3 Å². The fraction of sp³-hybridized carbons (Fsp3) is 0.455. The van der Waals surface area contributed by atoms with Crippen molar-refractivity contribution < 1.29 is 41.7 Å². The molecule has 1 aliphatic heterocycles. The van der Waals surface area contributed by atoms with Gasteiger partial charge in [0.2, 0.25) is 0 Å². The zero-order valence-corrected chi connectivity index (χ0v) is 18.6. The molecule has 34 heavy (non-hydrogen) atoms. The van der Waals surface area contributed by atoms with Crippen molar-refractivity contribution in [2.45, 2.75) is 62.9 Å². The molecule has 2 atom stereocenters. The van der Waals surface area contributed by atoms with E-state index >= 15 is 0 Å². The zero-order valence-electron chi connectivity index (χ0n) is 17.8. The number of hydrogen-bond acceptors (Lipinski definition) is 7. The van der Waals surface area contributed by atoms with Crippen LogP contribution in [-0.4, -0.2) is 40.7 Å². The number of carbonyl (C=O) groups is 1. The number of allylic oxidation sites excluding steroid dienone is 1. The van der Waals surface area contributed by atoms with Crippen molar-refractivity contribution in [3.05, 3.63) is 53.0 Å². The van der Waals surface area contributed by atoms with Crippen LogP contribution in [0.5, 0.6) is 11.8 Å². The smallest absolute Gasteiger partial charge is 0.480 e. The second-order valence-electron chi connectivity index (χ2n) is 8.12. The summed E-state index contributed by atoms with van der Waals surface area (Å²) in [6.07, 6.45) is -5.46. The number of aliphatic hydroxyl groups excluding tert-OH is 1. The standard InChI is InChI=1S/C22H22ClF3N2O6/c1-11(28-20(30)19-9-17(29)16-6-12(23)3-5-18(16)33-19)2-4-13-10-27-21(31-13)32-14-7-15(8-14)34-22(24,25)26/h3,5-6,10,14-15,17,19,29H,1-2,4,7-9H2,(H,28,30)/t14-,15+,17-,19-/m1/s1. The van der Waals surface area contributed by atoms with Crippen LogP contribution in [-0.2, 0) is 16.0 Å². The summed E-state index contributed by atoms with van der Waals surface area (Å²) in [6, 6.07) is 4.82. The number of benzene rings is 1. The number of ether oxygens (including phenoxy) is 3. The highest BCUT2D eigenvalue weighted by atomic mass is 35.5. The van der Waals surface area contributed by atoms with Gasteiger partial charge in [0.25, 0.3) is 5.91 Å². The van der Waals surface area contributed by atoms with Gasteiger partial charge in [-0.15, -0.1) is 13.2 Å². The first-order valence-corrected chi connectivity index (χ1v) is 10.9. The van der Waals surface area contributed by atoms with Gasteiger partial charge in [-0.1, -0.05) is 18.2 Å². The molecular formula is C22H22ClF3N2O6. The van der Waals surface area contributed by atoms with Crippen LogP contribution in [0.4, 0.5) is 13.2 Å². The van der Waals surface area contributed by atoms with Crippen molar-refractivity contribution in [1.29, 1.82) is 0 Å². The monoisotopic (exact) mass is 502 g/mol. The summed E-state index contributed by atoms with van der Waals surface area (Å²) in [5, 5.41) is 13.4. The minimum Gasteiger partial charge on any atom is -0.480 e. The molecule has 0 saturated heterocycles. The van der Waals surface area contributed by atoms with Crippen LogP contribution in [0, 0.1) is 0 Å². The van der Waals surface area contributed by atoms with Crippen molar-refractivity contribution in [2.75, 3.05) is 0 Å². The van der Waals surface area contributed by atoms with E-state index < -0.39 is 36.7 Å². The quantitative estimate of drug-likeness (QED) is 0.557. The largest absolute Gasteiger partial charge is 0.522 e. The van der Waals surface area contributed by atoms with Gasteiger partial charge in [-0.3, -0.25) is 9.53 Å². The third kappa shape index (κ3) is 6.22. The summed E-state index contributed by atoms with van der Waals surface area (Å²) in [4.78, 5) is 16.5. The summed E-state index contributed by atoms with van der Waals surface area (Å²) < 4.78 is 56.9. The first kappa shape index (κ1) is 24.4. The maximum Gasteiger partial charge on any atom is 0.522 e. The Labute approximate surface area is 197 Å². The molecular weight excluding hydrogens is 481 g/mol. The fourth-order valence-corrected chi connectivity index (χ4v) is 3.85. The molecule has 2 N–H and O–H groups in total. The van der Waals surface area contributed by atoms with Gasteiger partial charge in [0.05, 0.1) is 18.4 Å². The molecule has 12 heteroatoms. The highest BCUT2D eigenvalue weighted by molar-refractivity contribution is 6.30. The van der Waals surface area contributed by atoms with Gasteiger partial charge in [-0.2, -0.15) is 4.98 Å². The maximum atomic E-state index is 12.5. The minimum atomic E-state index is -4.66. The third-order valence-electron chi connectivity index (χ3n) is 5.45. The summed E-state index contributed by atoms with van der Waals surface area (Å²) in [6.45, 7) is 3.83. The van der Waals surface area contributed by atoms with Gasteiger partial charge in [0, 0.05) is 42.0 Å². The summed E-state index contributed by atoms with van der Waals surface area (Å²) in [7, 11) is 0. The van der Waals surface area contributed by atoms with Crippen LogP contribution in [0.15, 0.2) is 41.1 Å². The summed E-state index contributed by atoms with van der Waals surface area (Å²) in [5.41, 5.74) is 0.944. The first-order chi connectivity index (χ1) is 16.1. The molecule has 1 aromatic heterocycles. The van der Waals surface area contributed by atoms with E-state index in [0.29, 0.717) is 40.6 Å². The zero-order chi connectivity index (χ0) is 24.5. The Morgan fingerprint density at radius 3 is 2.79 bits per heavy atom. The lowest BCUT2D eigenvalue weighted by molar-refractivity contribution is -0.355. The van der Waals surface area contributed by atoms with Crippen LogP contribution < -0.4 is 14.8 Å². The molecule has 4 rings (SSSR count). The number of oxazole rings is 1. The van der Waals surface area contributed by atoms with Gasteiger partial charge in [-0.05, 0) is 24.6 Å². The predicted octanol–water partition coefficient (Wildman–Crippen LogP) is 4.22. The van der Waals surface area contributed by atoms with Gasteiger partial charge in [0.15, 0.2) is 6.10 Å². The second-order valence-corrected chi connectivity index (χ2v) is 8.56. The highest BCUT2D eigenvalue weighted by Gasteiger charge is 2.41. The predicted molar refractivity (Wildman–Crippen MR) is 112 cm³/mol. The number of hydrogen-bond donors (Lipinski definition) is 2. The average Bonchev–Trinajstić information content (AvgIpc) is 3.17. The molecule has 1 saturated carbocycles. The van der Waals surface area contributed by atoms with Crippen molar-refractivity contribution in [3.63, 3.8) is 0 Å². The second kappa shape index (κ2) is 9.85. The normalized spacial score (nSPS) is 23.9. The number of amides is 1. The van der Waals surface area contributed by atoms with E-state index in [4.69, 9.17) is 25.5 Å². The van der Waals surface area contributed by atoms with E-state index in [1.807, 2.05) is 0 Å². The van der Waals surface area contributed by atoms with Gasteiger partial charge >= 0.3 is 12.4 Å². The van der Waals surface area contributed by atoms with Crippen molar-refractivity contribution >= 4 is 17.5 Å². The van der Waals surface area contributed by atoms with Gasteiger partial charge in [-0.25, -0.2) is 0 Å². The van der Waals surface area contributed by atoms with Crippen LogP contribution in [0.25, 0.3) is 0 Å². The van der Waals surface area contributed by atoms with Crippen LogP contribution >= 0.6 is 11.6 Å². The lowest BCUT2D eigenvalue weighted by Gasteiger charge is -2.33. The Morgan fingerprint density at radius 2 is 2.06 bits per heavy atom. The Morgan fingerprint density at radius 1 is 1.29 bits per heavy atom. The van der Waals surface area contributed by atoms with E-state index in [-0.39, 0.29) is 25.3 Å². The maximum absolute atomic E-state index is 12.5. The number of nitrogens with zero attached hydrogens (tertiary/aromatic N) is 1. The molecule has 0 bridgehead atoms. The van der Waals surface area contributed by atoms with Crippen molar-refractivity contribution in [3.8, 4) is 11.8 Å². The average molecular weight is 503 g/mol. The Bertz CT molecular complexity index is 1050. The number of nitrogens with one attached hydrogen (secondary N) is 1. The lowest BCUT2D eigenvalue weighted by Crippen LogP contribution is -2.42. The van der Waals surface area contributed by atoms with Crippen molar-refractivity contribution in [2.24, 2.45) is 0 Å². The molecule has 184 valence electrons. The Hall–Kier alpha value is -2.76.